The van der Waals surface area contributed by atoms with Gasteiger partial charge in [-0.05, 0) is 12.8 Å². The lowest BCUT2D eigenvalue weighted by Crippen LogP contribution is -2.36. The Morgan fingerprint density at radius 2 is 1.85 bits per heavy atom. The van der Waals surface area contributed by atoms with E-state index in [0.29, 0.717) is 13.2 Å². The lowest BCUT2D eigenvalue weighted by atomic mass is 10.1. The van der Waals surface area contributed by atoms with Crippen LogP contribution >= 0.6 is 0 Å². The molecule has 0 amide bonds. The molecule has 1 saturated heterocycles. The SMILES string of the molecule is FC(F)(F)CCNC1CCOCC1. The number of hydrogen-bond acceptors (Lipinski definition) is 2. The van der Waals surface area contributed by atoms with Crippen LogP contribution in [0.3, 0.4) is 0 Å². The summed E-state index contributed by atoms with van der Waals surface area (Å²) in [7, 11) is 0. The second kappa shape index (κ2) is 4.81. The third kappa shape index (κ3) is 5.10. The maximum Gasteiger partial charge on any atom is 0.390 e. The van der Waals surface area contributed by atoms with Crippen LogP contribution in [0.5, 0.6) is 0 Å². The van der Waals surface area contributed by atoms with Crippen molar-refractivity contribution in [2.24, 2.45) is 0 Å². The van der Waals surface area contributed by atoms with Crippen LogP contribution in [-0.2, 0) is 4.74 Å². The molecule has 1 rings (SSSR count). The van der Waals surface area contributed by atoms with Gasteiger partial charge in [-0.25, -0.2) is 0 Å². The van der Waals surface area contributed by atoms with Gasteiger partial charge in [0, 0.05) is 25.8 Å². The van der Waals surface area contributed by atoms with Crippen LogP contribution in [0.1, 0.15) is 19.3 Å². The Kier molecular flexibility index (Phi) is 3.99. The predicted molar refractivity (Wildman–Crippen MR) is 42.5 cm³/mol. The summed E-state index contributed by atoms with van der Waals surface area (Å²) in [4.78, 5) is 0. The van der Waals surface area contributed by atoms with Gasteiger partial charge in [-0.1, -0.05) is 0 Å². The molecule has 13 heavy (non-hydrogen) atoms. The monoisotopic (exact) mass is 197 g/mol. The summed E-state index contributed by atoms with van der Waals surface area (Å²) in [5.41, 5.74) is 0. The van der Waals surface area contributed by atoms with Crippen LogP contribution in [0, 0.1) is 0 Å². The minimum atomic E-state index is -4.04. The fourth-order valence-corrected chi connectivity index (χ4v) is 1.32. The molecule has 0 bridgehead atoms. The van der Waals surface area contributed by atoms with E-state index in [-0.39, 0.29) is 12.6 Å². The van der Waals surface area contributed by atoms with Gasteiger partial charge in [0.25, 0.3) is 0 Å². The van der Waals surface area contributed by atoms with Crippen molar-refractivity contribution in [2.75, 3.05) is 19.8 Å². The van der Waals surface area contributed by atoms with E-state index in [9.17, 15) is 13.2 Å². The fourth-order valence-electron chi connectivity index (χ4n) is 1.32. The van der Waals surface area contributed by atoms with Crippen molar-refractivity contribution in [2.45, 2.75) is 31.5 Å². The largest absolute Gasteiger partial charge is 0.390 e. The maximum atomic E-state index is 11.7. The van der Waals surface area contributed by atoms with E-state index < -0.39 is 12.6 Å². The zero-order valence-electron chi connectivity index (χ0n) is 7.36. The summed E-state index contributed by atoms with van der Waals surface area (Å²) in [5, 5.41) is 2.88. The Balaban J connectivity index is 2.04. The van der Waals surface area contributed by atoms with E-state index >= 15 is 0 Å². The molecule has 0 spiro atoms. The highest BCUT2D eigenvalue weighted by atomic mass is 19.4. The molecule has 5 heteroatoms. The molecule has 1 N–H and O–H groups in total. The van der Waals surface area contributed by atoms with E-state index in [1.165, 1.54) is 0 Å². The van der Waals surface area contributed by atoms with Gasteiger partial charge in [0.15, 0.2) is 0 Å². The second-order valence-corrected chi connectivity index (χ2v) is 3.21. The smallest absolute Gasteiger partial charge is 0.381 e. The third-order valence-corrected chi connectivity index (χ3v) is 2.06. The molecule has 0 aromatic carbocycles. The van der Waals surface area contributed by atoms with E-state index in [4.69, 9.17) is 4.74 Å². The van der Waals surface area contributed by atoms with Gasteiger partial charge in [0.05, 0.1) is 6.42 Å². The van der Waals surface area contributed by atoms with Crippen molar-refractivity contribution in [3.05, 3.63) is 0 Å². The predicted octanol–water partition coefficient (Wildman–Crippen LogP) is 1.71. The number of nitrogens with one attached hydrogen (secondary N) is 1. The Labute approximate surface area is 75.4 Å². The number of alkyl halides is 3. The Morgan fingerprint density at radius 3 is 2.38 bits per heavy atom. The van der Waals surface area contributed by atoms with Crippen molar-refractivity contribution in [3.8, 4) is 0 Å². The van der Waals surface area contributed by atoms with Crippen LogP contribution < -0.4 is 5.32 Å². The first kappa shape index (κ1) is 10.8. The number of rotatable bonds is 3. The highest BCUT2D eigenvalue weighted by Gasteiger charge is 2.26. The quantitative estimate of drug-likeness (QED) is 0.743. The molecule has 1 fully saturated rings. The summed E-state index contributed by atoms with van der Waals surface area (Å²) in [6.07, 6.45) is -3.15. The molecule has 1 heterocycles. The lowest BCUT2D eigenvalue weighted by Gasteiger charge is -2.23. The molecule has 0 aromatic rings. The van der Waals surface area contributed by atoms with E-state index in [1.807, 2.05) is 0 Å². The third-order valence-electron chi connectivity index (χ3n) is 2.06. The van der Waals surface area contributed by atoms with Gasteiger partial charge in [0.1, 0.15) is 0 Å². The summed E-state index contributed by atoms with van der Waals surface area (Å²) in [6.45, 7) is 1.33. The average Bonchev–Trinajstić information content (AvgIpc) is 2.04. The molecule has 0 aromatic heterocycles. The van der Waals surface area contributed by atoms with Crippen molar-refractivity contribution < 1.29 is 17.9 Å². The summed E-state index contributed by atoms with van der Waals surface area (Å²) in [6, 6.07) is 0.205. The van der Waals surface area contributed by atoms with Gasteiger partial charge >= 0.3 is 6.18 Å². The molecule has 0 aliphatic carbocycles. The summed E-state index contributed by atoms with van der Waals surface area (Å²) >= 11 is 0. The van der Waals surface area contributed by atoms with Crippen molar-refractivity contribution >= 4 is 0 Å². The minimum absolute atomic E-state index is 0.0220. The number of halogens is 3. The molecule has 0 atom stereocenters. The average molecular weight is 197 g/mol. The lowest BCUT2D eigenvalue weighted by molar-refractivity contribution is -0.133. The van der Waals surface area contributed by atoms with E-state index in [1.54, 1.807) is 0 Å². The highest BCUT2D eigenvalue weighted by molar-refractivity contribution is 4.70. The van der Waals surface area contributed by atoms with Crippen LogP contribution in [0.25, 0.3) is 0 Å². The molecular formula is C8H14F3NO. The van der Waals surface area contributed by atoms with Crippen molar-refractivity contribution in [3.63, 3.8) is 0 Å². The normalized spacial score (nSPS) is 20.5. The Bertz CT molecular complexity index is 143. The first-order valence-corrected chi connectivity index (χ1v) is 4.46. The molecular weight excluding hydrogens is 183 g/mol. The van der Waals surface area contributed by atoms with Gasteiger partial charge < -0.3 is 10.1 Å². The number of ether oxygens (including phenoxy) is 1. The highest BCUT2D eigenvalue weighted by Crippen LogP contribution is 2.18. The van der Waals surface area contributed by atoms with Crippen LogP contribution in [0.4, 0.5) is 13.2 Å². The van der Waals surface area contributed by atoms with Crippen LogP contribution in [0.15, 0.2) is 0 Å². The fraction of sp³-hybridized carbons (Fsp3) is 1.00. The van der Waals surface area contributed by atoms with Crippen molar-refractivity contribution in [1.82, 2.24) is 5.32 Å². The molecule has 0 radical (unpaired) electrons. The standard InChI is InChI=1S/C8H14F3NO/c9-8(10,11)3-4-12-7-1-5-13-6-2-7/h7,12H,1-6H2. The molecule has 1 aliphatic heterocycles. The van der Waals surface area contributed by atoms with Crippen LogP contribution in [-0.4, -0.2) is 32.0 Å². The Morgan fingerprint density at radius 1 is 1.23 bits per heavy atom. The zero-order valence-corrected chi connectivity index (χ0v) is 7.36. The van der Waals surface area contributed by atoms with Crippen molar-refractivity contribution in [1.29, 1.82) is 0 Å². The number of hydrogen-bond donors (Lipinski definition) is 1. The van der Waals surface area contributed by atoms with Crippen LogP contribution in [0.2, 0.25) is 0 Å². The first-order valence-electron chi connectivity index (χ1n) is 4.46. The molecule has 1 aliphatic rings. The topological polar surface area (TPSA) is 21.3 Å². The maximum absolute atomic E-state index is 11.7. The van der Waals surface area contributed by atoms with Gasteiger partial charge in [-0.3, -0.25) is 0 Å². The first-order chi connectivity index (χ1) is 6.08. The Hall–Kier alpha value is -0.290. The van der Waals surface area contributed by atoms with Gasteiger partial charge in [-0.15, -0.1) is 0 Å². The second-order valence-electron chi connectivity index (χ2n) is 3.21. The zero-order chi connectivity index (χ0) is 9.73. The summed E-state index contributed by atoms with van der Waals surface area (Å²) in [5.74, 6) is 0. The molecule has 0 saturated carbocycles. The van der Waals surface area contributed by atoms with Gasteiger partial charge in [-0.2, -0.15) is 13.2 Å². The molecule has 0 unspecified atom stereocenters. The van der Waals surface area contributed by atoms with Gasteiger partial charge in [0.2, 0.25) is 0 Å². The van der Waals surface area contributed by atoms with E-state index in [2.05, 4.69) is 5.32 Å². The molecule has 2 nitrogen and oxygen atoms in total. The molecule has 78 valence electrons. The minimum Gasteiger partial charge on any atom is -0.381 e. The summed E-state index contributed by atoms with van der Waals surface area (Å²) < 4.78 is 40.3. The van der Waals surface area contributed by atoms with E-state index in [0.717, 1.165) is 12.8 Å².